The summed E-state index contributed by atoms with van der Waals surface area (Å²) in [6, 6.07) is -3.22. The molecule has 2 aliphatic carbocycles. The van der Waals surface area contributed by atoms with E-state index in [-0.39, 0.29) is 134 Å². The Balaban J connectivity index is 1.09. The zero-order valence-corrected chi connectivity index (χ0v) is 78.9. The molecule has 131 heavy (non-hydrogen) atoms. The van der Waals surface area contributed by atoms with Gasteiger partial charge in [0.15, 0.2) is 18.9 Å². The third-order valence-electron chi connectivity index (χ3n) is 24.0. The summed E-state index contributed by atoms with van der Waals surface area (Å²) in [5.74, 6) is -1.81. The van der Waals surface area contributed by atoms with Gasteiger partial charge in [0.25, 0.3) is 0 Å². The van der Waals surface area contributed by atoms with Crippen molar-refractivity contribution in [3.05, 3.63) is 0 Å². The molecule has 5 rings (SSSR count). The van der Waals surface area contributed by atoms with Crippen LogP contribution in [0.25, 0.3) is 0 Å². The fourth-order valence-electron chi connectivity index (χ4n) is 16.7. The molecule has 0 aromatic carbocycles. The van der Waals surface area contributed by atoms with Crippen LogP contribution in [-0.2, 0) is 104 Å². The van der Waals surface area contributed by atoms with E-state index in [1.807, 2.05) is 0 Å². The van der Waals surface area contributed by atoms with E-state index < -0.39 is 197 Å². The summed E-state index contributed by atoms with van der Waals surface area (Å²) in [5, 5.41) is 117. The topological polar surface area (TPSA) is 614 Å². The summed E-state index contributed by atoms with van der Waals surface area (Å²) in [7, 11) is -9.95. The Hall–Kier alpha value is -5.23. The molecule has 2 saturated carbocycles. The number of nitrogens with zero attached hydrogens (tertiary/aromatic N) is 3. The summed E-state index contributed by atoms with van der Waals surface area (Å²) >= 11 is 0. The number of ether oxygens (including phenoxy) is 7. The van der Waals surface area contributed by atoms with E-state index in [0.29, 0.717) is 122 Å². The summed E-state index contributed by atoms with van der Waals surface area (Å²) in [6.45, 7) is -0.266. The lowest BCUT2D eigenvalue weighted by molar-refractivity contribution is -0.270. The normalized spacial score (nSPS) is 25.9. The number of phosphoric acid groups is 2. The highest BCUT2D eigenvalue weighted by molar-refractivity contribution is 7.47. The van der Waals surface area contributed by atoms with E-state index in [1.54, 1.807) is 0 Å². The van der Waals surface area contributed by atoms with Crippen molar-refractivity contribution in [3.8, 4) is 0 Å². The van der Waals surface area contributed by atoms with E-state index in [4.69, 9.17) is 51.3 Å². The zero-order chi connectivity index (χ0) is 95.9. The Morgan fingerprint density at radius 1 is 0.336 bits per heavy atom. The van der Waals surface area contributed by atoms with Crippen molar-refractivity contribution >= 4 is 68.8 Å². The van der Waals surface area contributed by atoms with Crippen LogP contribution in [0.4, 0.5) is 0 Å². The summed E-state index contributed by atoms with van der Waals surface area (Å²) in [6.07, 6.45) is 8.08. The van der Waals surface area contributed by atoms with Gasteiger partial charge in [-0.05, 0) is 102 Å². The number of carbonyl (C=O) groups excluding carboxylic acids is 9. The average Bonchev–Trinajstić information content (AvgIpc) is 1.76. The lowest BCUT2D eigenvalue weighted by atomic mass is 9.76. The van der Waals surface area contributed by atoms with Crippen LogP contribution < -0.4 is 31.9 Å². The molecule has 45 heteroatoms. The van der Waals surface area contributed by atoms with Crippen LogP contribution in [0.2, 0.25) is 0 Å². The van der Waals surface area contributed by atoms with Gasteiger partial charge in [0.1, 0.15) is 79.8 Å². The Bertz CT molecular complexity index is 3350. The predicted molar refractivity (Wildman–Crippen MR) is 471 cm³/mol. The van der Waals surface area contributed by atoms with Crippen molar-refractivity contribution in [2.24, 2.45) is 11.8 Å². The number of unbranched alkanes of at least 4 members (excludes halogenated alkanes) is 12. The maximum atomic E-state index is 14.0. The lowest BCUT2D eigenvalue weighted by Crippen LogP contribution is -2.64. The molecule has 0 bridgehead atoms. The van der Waals surface area contributed by atoms with E-state index in [2.05, 4.69) is 31.9 Å². The smallest absolute Gasteiger partial charge is 0.395 e. The minimum absolute atomic E-state index is 0.00124. The second-order valence-corrected chi connectivity index (χ2v) is 37.4. The molecule has 9 amide bonds. The van der Waals surface area contributed by atoms with Gasteiger partial charge >= 0.3 is 15.6 Å². The number of aliphatic hydroxyl groups is 10. The van der Waals surface area contributed by atoms with Gasteiger partial charge in [0, 0.05) is 131 Å². The molecule has 3 aliphatic heterocycles. The van der Waals surface area contributed by atoms with Gasteiger partial charge in [-0.2, -0.15) is 0 Å². The van der Waals surface area contributed by atoms with Crippen LogP contribution in [0.15, 0.2) is 0 Å². The summed E-state index contributed by atoms with van der Waals surface area (Å²) < 4.78 is 88.8. The molecule has 5 aliphatic rings. The first-order valence-electron chi connectivity index (χ1n) is 47.4. The molecule has 3 saturated heterocycles. The standard InChI is InChI=1S/C86H157N9O34P2/c1-60(100)90-75-81(112)78(109)66(56-97)127-84(75)120-49-24-8-13-34-69(103)87-40-21-5-16-37-72(106)93(43-48-96)45-53-125-131(117,118)126-59-95(74(108)39-18-7-23-42-89-71(105)36-15-10-26-51-122-86-77(92-62(3)102)83(114)80(111)68(58-99)129-86)47-55-124-130(115,116)123-54-46-94(44-52-119-65-32-20-19-30-64(31-27-33-65)63-28-11-4-12-29-63)73(107)38-17-6-22-41-88-70(104)35-14-9-25-50-121-85-76(91-61(2)101)82(113)79(110)67(57-98)128-85/h63-68,75-86,96-99,109-114H,4-59H2,1-3H3,(H,87,103)(H,88,104)(H,89,105)(H,90,100)(H,91,101)(H,92,102)(H,115,116)(H,117,118). The molecule has 3 heterocycles. The predicted octanol–water partition coefficient (Wildman–Crippen LogP) is 1.61. The Morgan fingerprint density at radius 3 is 1.01 bits per heavy atom. The monoisotopic (exact) mass is 1920 g/mol. The first-order chi connectivity index (χ1) is 62.8. The number of carbonyl (C=O) groups is 9. The molecular formula is C86H157N9O34P2. The number of amides is 9. The van der Waals surface area contributed by atoms with Gasteiger partial charge in [-0.1, -0.05) is 103 Å². The highest BCUT2D eigenvalue weighted by Crippen LogP contribution is 2.45. The summed E-state index contributed by atoms with van der Waals surface area (Å²) in [5.41, 5.74) is 0. The average molecular weight is 1920 g/mol. The number of aliphatic hydroxyl groups excluding tert-OH is 10. The number of hydrogen-bond acceptors (Lipinski definition) is 32. The first kappa shape index (κ1) is 116. The molecule has 43 nitrogen and oxygen atoms in total. The highest BCUT2D eigenvalue weighted by atomic mass is 31.2. The number of rotatable bonds is 67. The van der Waals surface area contributed by atoms with Crippen LogP contribution in [0.1, 0.15) is 252 Å². The second kappa shape index (κ2) is 66.3. The zero-order valence-electron chi connectivity index (χ0n) is 77.1. The molecular weight excluding hydrogens is 1760 g/mol. The van der Waals surface area contributed by atoms with Gasteiger partial charge in [-0.15, -0.1) is 0 Å². The molecule has 0 radical (unpaired) electrons. The molecule has 0 spiro atoms. The Morgan fingerprint density at radius 2 is 0.641 bits per heavy atom. The van der Waals surface area contributed by atoms with Crippen LogP contribution in [0.5, 0.6) is 0 Å². The van der Waals surface area contributed by atoms with Gasteiger partial charge in [0.2, 0.25) is 53.2 Å². The first-order valence-corrected chi connectivity index (χ1v) is 50.4. The number of nitrogens with one attached hydrogen (secondary N) is 6. The van der Waals surface area contributed by atoms with Crippen molar-refractivity contribution in [3.63, 3.8) is 0 Å². The van der Waals surface area contributed by atoms with Crippen molar-refractivity contribution in [1.82, 2.24) is 46.6 Å². The fraction of sp³-hybridized carbons (Fsp3) is 0.895. The third-order valence-corrected chi connectivity index (χ3v) is 26.0. The van der Waals surface area contributed by atoms with Crippen LogP contribution in [-0.4, -0.2) is 359 Å². The minimum atomic E-state index is -5.02. The van der Waals surface area contributed by atoms with Gasteiger partial charge in [-0.25, -0.2) is 9.13 Å². The quantitative estimate of drug-likeness (QED) is 0.0234. The molecule has 18 N–H and O–H groups in total. The van der Waals surface area contributed by atoms with Crippen LogP contribution in [0, 0.1) is 11.8 Å². The maximum Gasteiger partial charge on any atom is 0.473 e. The summed E-state index contributed by atoms with van der Waals surface area (Å²) in [4.78, 5) is 140. The van der Waals surface area contributed by atoms with Crippen molar-refractivity contribution < 1.29 is 164 Å². The van der Waals surface area contributed by atoms with Gasteiger partial charge in [0.05, 0.1) is 59.0 Å². The van der Waals surface area contributed by atoms with Crippen molar-refractivity contribution in [2.45, 2.75) is 350 Å². The molecule has 760 valence electrons. The molecule has 0 aromatic heterocycles. The van der Waals surface area contributed by atoms with E-state index in [1.165, 1.54) is 69.1 Å². The fourth-order valence-corrected chi connectivity index (χ4v) is 18.0. The molecule has 19 atom stereocenters. The lowest BCUT2D eigenvalue weighted by Gasteiger charge is -2.42. The van der Waals surface area contributed by atoms with Crippen LogP contribution >= 0.6 is 15.6 Å². The Kier molecular flexibility index (Phi) is 58.9. The van der Waals surface area contributed by atoms with Crippen LogP contribution in [0.3, 0.4) is 0 Å². The van der Waals surface area contributed by atoms with Gasteiger partial charge < -0.3 is 141 Å². The van der Waals surface area contributed by atoms with E-state index in [0.717, 1.165) is 55.3 Å². The Labute approximate surface area is 770 Å². The SMILES string of the molecule is CC(=O)NC1C(OCCCCCC(=O)NCCCCCC(=O)N(CCO)CCOP(=O)(O)OCN(CCOP(=O)(O)OCCN(CCOC2CCCCC(C3CCCCC3)CCC2)C(=O)CCCCCNC(=O)CCCCCOC2OC(CO)C(O)C(O)C2NC(C)=O)C(=O)CCCCCNC(=O)CCCCCOC2OC(CO)C(O)C(O)C2NC(C)=O)OC(CO)C(O)C1O. The van der Waals surface area contributed by atoms with Crippen molar-refractivity contribution in [1.29, 1.82) is 0 Å². The van der Waals surface area contributed by atoms with E-state index in [9.17, 15) is 113 Å². The molecule has 0 aromatic rings. The molecule has 19 unspecified atom stereocenters. The number of phosphoric ester groups is 2. The van der Waals surface area contributed by atoms with Crippen molar-refractivity contribution in [2.75, 3.05) is 132 Å². The maximum absolute atomic E-state index is 14.0. The second-order valence-electron chi connectivity index (χ2n) is 34.5. The largest absolute Gasteiger partial charge is 0.473 e. The van der Waals surface area contributed by atoms with Gasteiger partial charge in [-0.3, -0.25) is 61.2 Å². The number of hydrogen-bond donors (Lipinski definition) is 18. The third kappa shape index (κ3) is 47.1. The minimum Gasteiger partial charge on any atom is -0.395 e. The van der Waals surface area contributed by atoms with E-state index >= 15 is 0 Å². The highest BCUT2D eigenvalue weighted by Gasteiger charge is 2.48. The molecule has 5 fully saturated rings.